The van der Waals surface area contributed by atoms with Gasteiger partial charge in [0.25, 0.3) is 0 Å². The second kappa shape index (κ2) is 8.04. The van der Waals surface area contributed by atoms with Gasteiger partial charge in [-0.25, -0.2) is 0 Å². The molecule has 0 radical (unpaired) electrons. The van der Waals surface area contributed by atoms with E-state index >= 15 is 0 Å². The number of carbonyl (C=O) groups is 1. The molecule has 198 valence electrons. The van der Waals surface area contributed by atoms with Crippen LogP contribution in [0.4, 0.5) is 0 Å². The van der Waals surface area contributed by atoms with Crippen LogP contribution in [0.15, 0.2) is 12.2 Å². The minimum atomic E-state index is -0.662. The summed E-state index contributed by atoms with van der Waals surface area (Å²) in [7, 11) is 0. The Hall–Kier alpha value is -0.910. The topological polar surface area (TPSA) is 104 Å². The van der Waals surface area contributed by atoms with Gasteiger partial charge in [0.1, 0.15) is 0 Å². The molecule has 35 heavy (non-hydrogen) atoms. The largest absolute Gasteiger partial charge is 0.481 e. The van der Waals surface area contributed by atoms with E-state index in [4.69, 9.17) is 5.73 Å². The second-order valence-electron chi connectivity index (χ2n) is 14.4. The molecule has 0 aliphatic heterocycles. The molecule has 2 unspecified atom stereocenters. The van der Waals surface area contributed by atoms with Crippen LogP contribution in [-0.4, -0.2) is 40.5 Å². The molecule has 5 nitrogen and oxygen atoms in total. The van der Waals surface area contributed by atoms with Crippen LogP contribution in [0.25, 0.3) is 0 Å². The molecule has 5 heteroatoms. The summed E-state index contributed by atoms with van der Waals surface area (Å²) >= 11 is 0. The lowest BCUT2D eigenvalue weighted by atomic mass is 9.32. The van der Waals surface area contributed by atoms with Gasteiger partial charge in [0.2, 0.25) is 0 Å². The van der Waals surface area contributed by atoms with Crippen molar-refractivity contribution in [3.8, 4) is 0 Å². The van der Waals surface area contributed by atoms with Crippen LogP contribution in [0.2, 0.25) is 0 Å². The predicted octanol–water partition coefficient (Wildman–Crippen LogP) is 5.00. The highest BCUT2D eigenvalue weighted by molar-refractivity contribution is 5.76. The van der Waals surface area contributed by atoms with Crippen molar-refractivity contribution in [2.24, 2.45) is 62.4 Å². The highest BCUT2D eigenvalue weighted by atomic mass is 16.4. The molecule has 0 aromatic rings. The van der Waals surface area contributed by atoms with E-state index in [2.05, 4.69) is 34.3 Å². The molecule has 5 rings (SSSR count). The number of nitrogens with two attached hydrogens (primary N) is 1. The van der Waals surface area contributed by atoms with Crippen molar-refractivity contribution in [2.75, 3.05) is 13.2 Å². The Kier molecular flexibility index (Phi) is 5.91. The van der Waals surface area contributed by atoms with Gasteiger partial charge in [-0.2, -0.15) is 0 Å². The van der Waals surface area contributed by atoms with Gasteiger partial charge in [-0.1, -0.05) is 34.3 Å². The normalized spacial score (nSPS) is 55.3. The Morgan fingerprint density at radius 1 is 0.886 bits per heavy atom. The maximum atomic E-state index is 12.8. The van der Waals surface area contributed by atoms with Gasteiger partial charge in [-0.15, -0.1) is 0 Å². The van der Waals surface area contributed by atoms with Crippen LogP contribution in [0.5, 0.6) is 0 Å². The number of carboxylic acid groups (broad SMARTS) is 1. The van der Waals surface area contributed by atoms with E-state index in [1.807, 2.05) is 0 Å². The molecule has 0 saturated heterocycles. The van der Waals surface area contributed by atoms with Crippen molar-refractivity contribution in [2.45, 2.75) is 97.9 Å². The number of carboxylic acids is 1. The summed E-state index contributed by atoms with van der Waals surface area (Å²) in [5.74, 6) is 0.895. The number of hydrogen-bond donors (Lipinski definition) is 4. The second-order valence-corrected chi connectivity index (χ2v) is 14.4. The van der Waals surface area contributed by atoms with E-state index in [0.29, 0.717) is 17.8 Å². The Bertz CT molecular complexity index is 905. The van der Waals surface area contributed by atoms with Crippen LogP contribution in [-0.2, 0) is 4.79 Å². The van der Waals surface area contributed by atoms with Gasteiger partial charge >= 0.3 is 5.97 Å². The molecule has 5 fully saturated rings. The van der Waals surface area contributed by atoms with Crippen molar-refractivity contribution < 1.29 is 20.1 Å². The molecule has 0 heterocycles. The number of aliphatic carboxylic acids is 1. The molecule has 0 aromatic heterocycles. The molecule has 0 bridgehead atoms. The fourth-order valence-electron chi connectivity index (χ4n) is 11.6. The maximum Gasteiger partial charge on any atom is 0.309 e. The van der Waals surface area contributed by atoms with E-state index in [0.717, 1.165) is 69.8 Å². The van der Waals surface area contributed by atoms with Gasteiger partial charge in [-0.05, 0) is 116 Å². The lowest BCUT2D eigenvalue weighted by Gasteiger charge is -2.73. The van der Waals surface area contributed by atoms with Crippen molar-refractivity contribution in [3.63, 3.8) is 0 Å². The maximum absolute atomic E-state index is 12.8. The van der Waals surface area contributed by atoms with E-state index in [9.17, 15) is 20.1 Å². The molecule has 0 amide bonds. The van der Waals surface area contributed by atoms with Crippen LogP contribution in [0.3, 0.4) is 0 Å². The van der Waals surface area contributed by atoms with Crippen LogP contribution in [0.1, 0.15) is 91.9 Å². The zero-order chi connectivity index (χ0) is 25.6. The van der Waals surface area contributed by atoms with Crippen molar-refractivity contribution in [3.05, 3.63) is 12.2 Å². The SMILES string of the molecule is C=C(CO)[C@@H]1CC[C@]2(C(=O)O)CC[C@]3(C)[C@H](CC[C@@H]4[C@@]5(C)CCC(N)C(C)(CO)[C@@H]5CC[C@]43C)[C@@H]12. The highest BCUT2D eigenvalue weighted by Gasteiger charge is 2.72. The number of fused-ring (bicyclic) bond motifs is 7. The average Bonchev–Trinajstić information content (AvgIpc) is 3.23. The molecule has 0 aromatic carbocycles. The molecular formula is C30H49NO4. The molecule has 11 atom stereocenters. The third-order valence-corrected chi connectivity index (χ3v) is 13.8. The number of hydrogen-bond acceptors (Lipinski definition) is 4. The zero-order valence-corrected chi connectivity index (χ0v) is 22.5. The third kappa shape index (κ3) is 3.01. The van der Waals surface area contributed by atoms with Gasteiger partial charge in [0.15, 0.2) is 0 Å². The zero-order valence-electron chi connectivity index (χ0n) is 22.5. The standard InChI is InChI=1S/C30H49NO4/c1-18(16-32)19-8-13-30(25(34)35)15-14-28(4)20(24(19)30)6-7-22-26(2)11-10-23(31)27(3,17-33)21(26)9-12-29(22,28)5/h19-24,32-33H,1,6-17,31H2,2-5H3,(H,34,35)/t19-,20+,21+,22+,23?,24+,26-,27?,28+,29+,30-/m0/s1. The monoisotopic (exact) mass is 487 g/mol. The Balaban J connectivity index is 1.56. The summed E-state index contributed by atoms with van der Waals surface area (Å²) in [5.41, 5.74) is 6.94. The first-order valence-electron chi connectivity index (χ1n) is 14.2. The summed E-state index contributed by atoms with van der Waals surface area (Å²) < 4.78 is 0. The fraction of sp³-hybridized carbons (Fsp3) is 0.900. The Morgan fingerprint density at radius 3 is 2.23 bits per heavy atom. The van der Waals surface area contributed by atoms with Crippen molar-refractivity contribution in [1.29, 1.82) is 0 Å². The first-order chi connectivity index (χ1) is 16.4. The number of rotatable bonds is 4. The van der Waals surface area contributed by atoms with Gasteiger partial charge < -0.3 is 21.1 Å². The number of aliphatic hydroxyl groups excluding tert-OH is 2. The minimum absolute atomic E-state index is 0.0417. The quantitative estimate of drug-likeness (QED) is 0.418. The van der Waals surface area contributed by atoms with Gasteiger partial charge in [0.05, 0.1) is 18.6 Å². The van der Waals surface area contributed by atoms with E-state index in [1.165, 1.54) is 0 Å². The van der Waals surface area contributed by atoms with Crippen molar-refractivity contribution in [1.82, 2.24) is 0 Å². The summed E-state index contributed by atoms with van der Waals surface area (Å²) in [4.78, 5) is 12.8. The third-order valence-electron chi connectivity index (χ3n) is 13.8. The summed E-state index contributed by atoms with van der Waals surface area (Å²) in [6.07, 6.45) is 9.80. The predicted molar refractivity (Wildman–Crippen MR) is 137 cm³/mol. The summed E-state index contributed by atoms with van der Waals surface area (Å²) in [5, 5.41) is 31.0. The lowest BCUT2D eigenvalue weighted by molar-refractivity contribution is -0.243. The van der Waals surface area contributed by atoms with E-state index in [1.54, 1.807) is 0 Å². The summed E-state index contributed by atoms with van der Waals surface area (Å²) in [6.45, 7) is 14.1. The van der Waals surface area contributed by atoms with E-state index in [-0.39, 0.29) is 52.8 Å². The molecule has 5 aliphatic carbocycles. The van der Waals surface area contributed by atoms with Gasteiger partial charge in [0, 0.05) is 11.5 Å². The molecule has 5 saturated carbocycles. The molecule has 5 N–H and O–H groups in total. The Labute approximate surface area is 211 Å². The smallest absolute Gasteiger partial charge is 0.309 e. The highest BCUT2D eigenvalue weighted by Crippen LogP contribution is 2.77. The van der Waals surface area contributed by atoms with E-state index < -0.39 is 11.4 Å². The fourth-order valence-corrected chi connectivity index (χ4v) is 11.6. The average molecular weight is 488 g/mol. The summed E-state index contributed by atoms with van der Waals surface area (Å²) in [6, 6.07) is 0.0523. The van der Waals surface area contributed by atoms with Crippen LogP contribution >= 0.6 is 0 Å². The van der Waals surface area contributed by atoms with Crippen LogP contribution < -0.4 is 5.73 Å². The van der Waals surface area contributed by atoms with Gasteiger partial charge in [-0.3, -0.25) is 4.79 Å². The first kappa shape index (κ1) is 25.7. The Morgan fingerprint density at radius 2 is 1.60 bits per heavy atom. The first-order valence-corrected chi connectivity index (χ1v) is 14.2. The number of aliphatic hydroxyl groups is 2. The van der Waals surface area contributed by atoms with Crippen LogP contribution in [0, 0.1) is 56.7 Å². The molecule has 0 spiro atoms. The van der Waals surface area contributed by atoms with Crippen molar-refractivity contribution >= 4 is 5.97 Å². The lowest BCUT2D eigenvalue weighted by Crippen LogP contribution is -2.68. The molecule has 5 aliphatic rings. The minimum Gasteiger partial charge on any atom is -0.481 e. The molecular weight excluding hydrogens is 438 g/mol.